The lowest BCUT2D eigenvalue weighted by Gasteiger charge is -2.13. The van der Waals surface area contributed by atoms with Gasteiger partial charge in [-0.1, -0.05) is 0 Å². The summed E-state index contributed by atoms with van der Waals surface area (Å²) in [6.45, 7) is 0.487. The van der Waals surface area contributed by atoms with Gasteiger partial charge in [-0.25, -0.2) is 0 Å². The number of alkyl halides is 3. The molecule has 1 radical (unpaired) electrons. The van der Waals surface area contributed by atoms with Gasteiger partial charge in [0.2, 0.25) is 0 Å². The number of halogens is 3. The summed E-state index contributed by atoms with van der Waals surface area (Å²) in [7, 11) is 0. The molecule has 59 valence electrons. The molecular formula is C5H7F3NO. The average molecular weight is 154 g/mol. The summed E-state index contributed by atoms with van der Waals surface area (Å²) in [5, 5.41) is 2.52. The Kier molecular flexibility index (Phi) is 2.15. The van der Waals surface area contributed by atoms with E-state index in [4.69, 9.17) is 0 Å². The van der Waals surface area contributed by atoms with Gasteiger partial charge in [-0.3, -0.25) is 10.1 Å². The zero-order chi connectivity index (χ0) is 7.61. The minimum atomic E-state index is -4.52. The normalized spacial score (nSPS) is 27.3. The molecule has 0 aromatic heterocycles. The zero-order valence-corrected chi connectivity index (χ0v) is 5.11. The van der Waals surface area contributed by atoms with Crippen molar-refractivity contribution in [2.24, 2.45) is 0 Å². The molecule has 0 amide bonds. The SMILES string of the molecule is FC(F)(F)OC1C[CH]CN1. The Balaban J connectivity index is 2.24. The molecule has 1 rings (SSSR count). The van der Waals surface area contributed by atoms with Crippen LogP contribution in [0.1, 0.15) is 6.42 Å². The van der Waals surface area contributed by atoms with Crippen LogP contribution in [0.25, 0.3) is 0 Å². The van der Waals surface area contributed by atoms with E-state index in [1.54, 1.807) is 6.42 Å². The highest BCUT2D eigenvalue weighted by molar-refractivity contribution is 4.81. The van der Waals surface area contributed by atoms with E-state index >= 15 is 0 Å². The summed E-state index contributed by atoms with van der Waals surface area (Å²) in [4.78, 5) is 0. The van der Waals surface area contributed by atoms with Crippen molar-refractivity contribution in [3.63, 3.8) is 0 Å². The van der Waals surface area contributed by atoms with Crippen molar-refractivity contribution in [2.45, 2.75) is 19.0 Å². The van der Waals surface area contributed by atoms with Crippen LogP contribution in [0.4, 0.5) is 13.2 Å². The van der Waals surface area contributed by atoms with Crippen LogP contribution in [0.2, 0.25) is 0 Å². The molecule has 1 aliphatic heterocycles. The van der Waals surface area contributed by atoms with E-state index in [0.29, 0.717) is 13.0 Å². The lowest BCUT2D eigenvalue weighted by molar-refractivity contribution is -0.344. The monoisotopic (exact) mass is 154 g/mol. The first-order valence-corrected chi connectivity index (χ1v) is 2.87. The van der Waals surface area contributed by atoms with E-state index in [0.717, 1.165) is 0 Å². The van der Waals surface area contributed by atoms with Crippen LogP contribution in [0.3, 0.4) is 0 Å². The van der Waals surface area contributed by atoms with E-state index in [9.17, 15) is 13.2 Å². The number of ether oxygens (including phenoxy) is 1. The molecule has 1 aliphatic rings. The van der Waals surface area contributed by atoms with Gasteiger partial charge in [-0.2, -0.15) is 0 Å². The molecule has 0 saturated carbocycles. The van der Waals surface area contributed by atoms with E-state index in [1.807, 2.05) is 0 Å². The molecular weight excluding hydrogens is 147 g/mol. The van der Waals surface area contributed by atoms with E-state index in [2.05, 4.69) is 10.1 Å². The molecule has 1 saturated heterocycles. The second-order valence-corrected chi connectivity index (χ2v) is 1.98. The largest absolute Gasteiger partial charge is 0.524 e. The minimum Gasteiger partial charge on any atom is -0.292 e. The molecule has 0 aliphatic carbocycles. The van der Waals surface area contributed by atoms with Crippen LogP contribution in [-0.2, 0) is 4.74 Å². The van der Waals surface area contributed by atoms with Crippen molar-refractivity contribution in [1.82, 2.24) is 5.32 Å². The Bertz CT molecular complexity index is 108. The maximum absolute atomic E-state index is 11.4. The van der Waals surface area contributed by atoms with Crippen molar-refractivity contribution < 1.29 is 17.9 Å². The lowest BCUT2D eigenvalue weighted by Crippen LogP contribution is -2.31. The second-order valence-electron chi connectivity index (χ2n) is 1.98. The molecule has 0 aromatic carbocycles. The molecule has 2 nitrogen and oxygen atoms in total. The maximum Gasteiger partial charge on any atom is 0.524 e. The molecule has 1 N–H and O–H groups in total. The first-order chi connectivity index (χ1) is 4.58. The number of hydrogen-bond donors (Lipinski definition) is 1. The fourth-order valence-corrected chi connectivity index (χ4v) is 0.784. The zero-order valence-electron chi connectivity index (χ0n) is 5.11. The summed E-state index contributed by atoms with van der Waals surface area (Å²) in [6.07, 6.45) is -3.37. The van der Waals surface area contributed by atoms with Gasteiger partial charge >= 0.3 is 6.36 Å². The molecule has 0 aromatic rings. The molecule has 0 spiro atoms. The van der Waals surface area contributed by atoms with Crippen LogP contribution in [0.5, 0.6) is 0 Å². The van der Waals surface area contributed by atoms with Crippen LogP contribution in [-0.4, -0.2) is 19.1 Å². The fourth-order valence-electron chi connectivity index (χ4n) is 0.784. The van der Waals surface area contributed by atoms with Gasteiger partial charge < -0.3 is 0 Å². The third kappa shape index (κ3) is 2.53. The summed E-state index contributed by atoms with van der Waals surface area (Å²) in [6, 6.07) is 0. The van der Waals surface area contributed by atoms with Crippen LogP contribution < -0.4 is 5.32 Å². The highest BCUT2D eigenvalue weighted by Crippen LogP contribution is 2.20. The van der Waals surface area contributed by atoms with E-state index in [-0.39, 0.29) is 0 Å². The van der Waals surface area contributed by atoms with Crippen molar-refractivity contribution in [1.29, 1.82) is 0 Å². The van der Waals surface area contributed by atoms with Crippen LogP contribution in [0.15, 0.2) is 0 Å². The smallest absolute Gasteiger partial charge is 0.292 e. The van der Waals surface area contributed by atoms with E-state index < -0.39 is 12.6 Å². The molecule has 5 heteroatoms. The number of rotatable bonds is 1. The molecule has 1 fully saturated rings. The lowest BCUT2D eigenvalue weighted by atomic mass is 10.4. The Morgan fingerprint density at radius 3 is 2.60 bits per heavy atom. The van der Waals surface area contributed by atoms with Gasteiger partial charge in [0.05, 0.1) is 0 Å². The van der Waals surface area contributed by atoms with Gasteiger partial charge in [0.15, 0.2) is 0 Å². The van der Waals surface area contributed by atoms with Gasteiger partial charge in [-0.15, -0.1) is 13.2 Å². The second kappa shape index (κ2) is 2.75. The van der Waals surface area contributed by atoms with Crippen LogP contribution in [0, 0.1) is 6.42 Å². The number of hydrogen-bond acceptors (Lipinski definition) is 2. The van der Waals surface area contributed by atoms with Gasteiger partial charge in [0.1, 0.15) is 6.23 Å². The standard InChI is InChI=1S/C5H7F3NO/c6-5(7,8)10-4-2-1-3-9-4/h1,4,9H,2-3H2. The third-order valence-electron chi connectivity index (χ3n) is 1.15. The highest BCUT2D eigenvalue weighted by Gasteiger charge is 2.34. The van der Waals surface area contributed by atoms with Crippen molar-refractivity contribution in [2.75, 3.05) is 6.54 Å². The van der Waals surface area contributed by atoms with Crippen molar-refractivity contribution in [3.05, 3.63) is 6.42 Å². The minimum absolute atomic E-state index is 0.319. The molecule has 1 heterocycles. The first-order valence-electron chi connectivity index (χ1n) is 2.87. The van der Waals surface area contributed by atoms with Crippen LogP contribution >= 0.6 is 0 Å². The third-order valence-corrected chi connectivity index (χ3v) is 1.15. The van der Waals surface area contributed by atoms with Crippen molar-refractivity contribution in [3.8, 4) is 0 Å². The Morgan fingerprint density at radius 2 is 2.20 bits per heavy atom. The molecule has 10 heavy (non-hydrogen) atoms. The summed E-state index contributed by atoms with van der Waals surface area (Å²) < 4.78 is 38.0. The molecule has 1 atom stereocenters. The summed E-state index contributed by atoms with van der Waals surface area (Å²) in [5.74, 6) is 0. The first kappa shape index (κ1) is 7.81. The van der Waals surface area contributed by atoms with Gasteiger partial charge in [0.25, 0.3) is 0 Å². The average Bonchev–Trinajstić information content (AvgIpc) is 2.12. The van der Waals surface area contributed by atoms with Gasteiger partial charge in [-0.05, 0) is 12.8 Å². The predicted octanol–water partition coefficient (Wildman–Crippen LogP) is 1.05. The van der Waals surface area contributed by atoms with Gasteiger partial charge in [0, 0.05) is 6.54 Å². The predicted molar refractivity (Wildman–Crippen MR) is 27.8 cm³/mol. The Labute approximate surface area is 56.4 Å². The van der Waals surface area contributed by atoms with E-state index in [1.165, 1.54) is 0 Å². The number of nitrogens with one attached hydrogen (secondary N) is 1. The maximum atomic E-state index is 11.4. The Hall–Kier alpha value is -0.290. The summed E-state index contributed by atoms with van der Waals surface area (Å²) >= 11 is 0. The molecule has 0 bridgehead atoms. The quantitative estimate of drug-likeness (QED) is 0.609. The molecule has 1 unspecified atom stereocenters. The highest BCUT2D eigenvalue weighted by atomic mass is 19.4. The Morgan fingerprint density at radius 1 is 1.50 bits per heavy atom. The topological polar surface area (TPSA) is 21.3 Å². The summed E-state index contributed by atoms with van der Waals surface area (Å²) in [5.41, 5.74) is 0. The van der Waals surface area contributed by atoms with Crippen molar-refractivity contribution >= 4 is 0 Å². The fraction of sp³-hybridized carbons (Fsp3) is 0.800.